The number of nitrogens with one attached hydrogen (secondary N) is 1. The molecule has 0 aromatic heterocycles. The smallest absolute Gasteiger partial charge is 0.236 e. The molecule has 104 valence electrons. The van der Waals surface area contributed by atoms with Crippen LogP contribution < -0.4 is 14.8 Å². The first-order valence-electron chi connectivity index (χ1n) is 6.48. The monoisotopic (exact) mass is 264 g/mol. The van der Waals surface area contributed by atoms with Gasteiger partial charge in [0.25, 0.3) is 0 Å². The topological polar surface area (TPSA) is 50.8 Å². The zero-order valence-corrected chi connectivity index (χ0v) is 11.4. The van der Waals surface area contributed by atoms with Crippen molar-refractivity contribution >= 4 is 5.91 Å². The van der Waals surface area contributed by atoms with E-state index in [0.717, 1.165) is 23.5 Å². The molecule has 1 aliphatic heterocycles. The minimum absolute atomic E-state index is 0.0973. The molecule has 5 nitrogen and oxygen atoms in total. The number of ether oxygens (including phenoxy) is 2. The maximum absolute atomic E-state index is 11.6. The predicted octanol–water partition coefficient (Wildman–Crippen LogP) is 0.678. The summed E-state index contributed by atoms with van der Waals surface area (Å²) in [6.45, 7) is 2.27. The van der Waals surface area contributed by atoms with Gasteiger partial charge in [-0.1, -0.05) is 6.07 Å². The summed E-state index contributed by atoms with van der Waals surface area (Å²) in [4.78, 5) is 13.3. The second-order valence-corrected chi connectivity index (χ2v) is 4.57. The van der Waals surface area contributed by atoms with E-state index in [4.69, 9.17) is 9.47 Å². The van der Waals surface area contributed by atoms with Gasteiger partial charge in [0.15, 0.2) is 11.5 Å². The van der Waals surface area contributed by atoms with E-state index < -0.39 is 0 Å². The van der Waals surface area contributed by atoms with Crippen molar-refractivity contribution < 1.29 is 14.3 Å². The minimum atomic E-state index is 0.0973. The van der Waals surface area contributed by atoms with Crippen molar-refractivity contribution in [2.75, 3.05) is 40.4 Å². The Kier molecular flexibility index (Phi) is 4.63. The average molecular weight is 264 g/mol. The van der Waals surface area contributed by atoms with Crippen LogP contribution in [0.15, 0.2) is 18.2 Å². The molecule has 0 saturated heterocycles. The second-order valence-electron chi connectivity index (χ2n) is 4.57. The van der Waals surface area contributed by atoms with Crippen molar-refractivity contribution in [3.05, 3.63) is 23.8 Å². The molecule has 19 heavy (non-hydrogen) atoms. The van der Waals surface area contributed by atoms with E-state index in [1.54, 1.807) is 11.9 Å². The standard InChI is InChI=1S/C14H20N2O3/c1-15-10-14(17)16(2)6-5-11-3-4-12-13(9-11)19-8-7-18-12/h3-4,9,15H,5-8,10H2,1-2H3. The average Bonchev–Trinajstić information content (AvgIpc) is 2.44. The molecule has 1 heterocycles. The van der Waals surface area contributed by atoms with Crippen molar-refractivity contribution in [1.82, 2.24) is 10.2 Å². The summed E-state index contributed by atoms with van der Waals surface area (Å²) in [5.74, 6) is 1.70. The SMILES string of the molecule is CNCC(=O)N(C)CCc1ccc2c(c1)OCCO2. The van der Waals surface area contributed by atoms with Crippen molar-refractivity contribution in [2.45, 2.75) is 6.42 Å². The molecule has 1 amide bonds. The number of benzene rings is 1. The van der Waals surface area contributed by atoms with Crippen LogP contribution in [0.2, 0.25) is 0 Å². The van der Waals surface area contributed by atoms with Crippen LogP contribution in [0.1, 0.15) is 5.56 Å². The Morgan fingerprint density at radius 1 is 1.32 bits per heavy atom. The predicted molar refractivity (Wildman–Crippen MR) is 72.7 cm³/mol. The van der Waals surface area contributed by atoms with E-state index >= 15 is 0 Å². The van der Waals surface area contributed by atoms with Gasteiger partial charge in [-0.25, -0.2) is 0 Å². The Bertz CT molecular complexity index is 448. The lowest BCUT2D eigenvalue weighted by molar-refractivity contribution is -0.128. The minimum Gasteiger partial charge on any atom is -0.486 e. The summed E-state index contributed by atoms with van der Waals surface area (Å²) in [5.41, 5.74) is 1.15. The number of likely N-dealkylation sites (N-methyl/N-ethyl adjacent to an activating group) is 2. The van der Waals surface area contributed by atoms with E-state index in [0.29, 0.717) is 26.3 Å². The molecule has 1 N–H and O–H groups in total. The van der Waals surface area contributed by atoms with Gasteiger partial charge < -0.3 is 19.7 Å². The highest BCUT2D eigenvalue weighted by atomic mass is 16.6. The summed E-state index contributed by atoms with van der Waals surface area (Å²) in [5, 5.41) is 2.86. The zero-order chi connectivity index (χ0) is 13.7. The molecule has 0 radical (unpaired) electrons. The number of fused-ring (bicyclic) bond motifs is 1. The summed E-state index contributed by atoms with van der Waals surface area (Å²) in [6.07, 6.45) is 0.808. The highest BCUT2D eigenvalue weighted by molar-refractivity contribution is 5.77. The summed E-state index contributed by atoms with van der Waals surface area (Å²) in [7, 11) is 3.59. The van der Waals surface area contributed by atoms with Gasteiger partial charge in [0.2, 0.25) is 5.91 Å². The first kappa shape index (κ1) is 13.7. The van der Waals surface area contributed by atoms with Crippen molar-refractivity contribution in [3.63, 3.8) is 0 Å². The van der Waals surface area contributed by atoms with Crippen LogP contribution in [0.25, 0.3) is 0 Å². The molecule has 0 unspecified atom stereocenters. The van der Waals surface area contributed by atoms with Crippen molar-refractivity contribution in [1.29, 1.82) is 0 Å². The zero-order valence-electron chi connectivity index (χ0n) is 11.4. The molecular formula is C14H20N2O3. The first-order valence-corrected chi connectivity index (χ1v) is 6.48. The van der Waals surface area contributed by atoms with E-state index in [1.165, 1.54) is 0 Å². The fraction of sp³-hybridized carbons (Fsp3) is 0.500. The van der Waals surface area contributed by atoms with Crippen LogP contribution in [0, 0.1) is 0 Å². The van der Waals surface area contributed by atoms with Crippen molar-refractivity contribution in [3.8, 4) is 11.5 Å². The highest BCUT2D eigenvalue weighted by Crippen LogP contribution is 2.30. The van der Waals surface area contributed by atoms with Gasteiger partial charge in [0, 0.05) is 13.6 Å². The molecule has 1 aliphatic rings. The third kappa shape index (κ3) is 3.61. The van der Waals surface area contributed by atoms with Gasteiger partial charge in [-0.2, -0.15) is 0 Å². The van der Waals surface area contributed by atoms with Crippen molar-refractivity contribution in [2.24, 2.45) is 0 Å². The number of nitrogens with zero attached hydrogens (tertiary/aromatic N) is 1. The molecular weight excluding hydrogens is 244 g/mol. The molecule has 5 heteroatoms. The van der Waals surface area contributed by atoms with Gasteiger partial charge in [-0.3, -0.25) is 4.79 Å². The summed E-state index contributed by atoms with van der Waals surface area (Å²) in [6, 6.07) is 5.94. The van der Waals surface area contributed by atoms with Crippen LogP contribution in [0.4, 0.5) is 0 Å². The molecule has 0 saturated carbocycles. The fourth-order valence-electron chi connectivity index (χ4n) is 1.95. The molecule has 0 atom stereocenters. The number of carbonyl (C=O) groups excluding carboxylic acids is 1. The number of hydrogen-bond acceptors (Lipinski definition) is 4. The maximum atomic E-state index is 11.6. The molecule has 1 aromatic rings. The van der Waals surface area contributed by atoms with Gasteiger partial charge in [-0.05, 0) is 31.2 Å². The van der Waals surface area contributed by atoms with Crippen LogP contribution in [0.5, 0.6) is 11.5 Å². The molecule has 0 aliphatic carbocycles. The fourth-order valence-corrected chi connectivity index (χ4v) is 1.95. The number of carbonyl (C=O) groups is 1. The Labute approximate surface area is 113 Å². The largest absolute Gasteiger partial charge is 0.486 e. The molecule has 2 rings (SSSR count). The van der Waals surface area contributed by atoms with Crippen LogP contribution in [-0.4, -0.2) is 51.2 Å². The normalized spacial score (nSPS) is 13.2. The third-order valence-electron chi connectivity index (χ3n) is 3.10. The van der Waals surface area contributed by atoms with E-state index in [9.17, 15) is 4.79 Å². The third-order valence-corrected chi connectivity index (χ3v) is 3.10. The molecule has 0 spiro atoms. The first-order chi connectivity index (χ1) is 9.20. The number of rotatable bonds is 5. The molecule has 1 aromatic carbocycles. The van der Waals surface area contributed by atoms with E-state index in [-0.39, 0.29) is 5.91 Å². The Morgan fingerprint density at radius 2 is 2.05 bits per heavy atom. The number of amides is 1. The highest BCUT2D eigenvalue weighted by Gasteiger charge is 2.12. The van der Waals surface area contributed by atoms with Crippen LogP contribution in [-0.2, 0) is 11.2 Å². The van der Waals surface area contributed by atoms with Gasteiger partial charge in [0.1, 0.15) is 13.2 Å². The second kappa shape index (κ2) is 6.43. The van der Waals surface area contributed by atoms with Gasteiger partial charge in [0.05, 0.1) is 6.54 Å². The van der Waals surface area contributed by atoms with E-state index in [2.05, 4.69) is 5.32 Å². The lowest BCUT2D eigenvalue weighted by atomic mass is 10.1. The van der Waals surface area contributed by atoms with Gasteiger partial charge in [-0.15, -0.1) is 0 Å². The van der Waals surface area contributed by atoms with Gasteiger partial charge >= 0.3 is 0 Å². The molecule has 0 fully saturated rings. The maximum Gasteiger partial charge on any atom is 0.236 e. The lowest BCUT2D eigenvalue weighted by Crippen LogP contribution is -2.35. The number of hydrogen-bond donors (Lipinski definition) is 1. The summed E-state index contributed by atoms with van der Waals surface area (Å²) >= 11 is 0. The quantitative estimate of drug-likeness (QED) is 0.849. The van der Waals surface area contributed by atoms with Crippen LogP contribution >= 0.6 is 0 Å². The lowest BCUT2D eigenvalue weighted by Gasteiger charge is -2.20. The Hall–Kier alpha value is -1.75. The molecule has 0 bridgehead atoms. The summed E-state index contributed by atoms with van der Waals surface area (Å²) < 4.78 is 11.0. The Morgan fingerprint density at radius 3 is 2.79 bits per heavy atom. The Balaban J connectivity index is 1.91. The van der Waals surface area contributed by atoms with E-state index in [1.807, 2.05) is 25.2 Å². The van der Waals surface area contributed by atoms with Crippen LogP contribution in [0.3, 0.4) is 0 Å².